The average Bonchev–Trinajstić information content (AvgIpc) is 3.30. The molecule has 1 fully saturated rings. The summed E-state index contributed by atoms with van der Waals surface area (Å²) in [5.74, 6) is -0.962. The second-order valence-corrected chi connectivity index (χ2v) is 9.01. The van der Waals surface area contributed by atoms with Crippen LogP contribution in [0.5, 0.6) is 0 Å². The number of urea groups is 1. The molecule has 3 rings (SSSR count). The minimum atomic E-state index is -0.587. The summed E-state index contributed by atoms with van der Waals surface area (Å²) in [5, 5.41) is 6.42. The number of nitrogens with zero attached hydrogens (tertiary/aromatic N) is 1. The number of nitrogens with one attached hydrogen (secondary N) is 2. The largest absolute Gasteiger partial charge is 0.365 e. The molecule has 0 radical (unpaired) electrons. The molecule has 9 heteroatoms. The predicted molar refractivity (Wildman–Crippen MR) is 120 cm³/mol. The molecule has 4 amide bonds. The first-order valence-electron chi connectivity index (χ1n) is 9.79. The lowest BCUT2D eigenvalue weighted by Gasteiger charge is -2.28. The summed E-state index contributed by atoms with van der Waals surface area (Å²) in [4.78, 5) is 40.0. The van der Waals surface area contributed by atoms with Gasteiger partial charge in [0.05, 0.1) is 16.3 Å². The van der Waals surface area contributed by atoms with Crippen LogP contribution in [-0.2, 0) is 4.79 Å². The van der Waals surface area contributed by atoms with Gasteiger partial charge in [0.25, 0.3) is 5.91 Å². The highest BCUT2D eigenvalue weighted by molar-refractivity contribution is 7.16. The number of aryl methyl sites for hydroxylation is 1. The molecule has 160 valence electrons. The Labute approximate surface area is 184 Å². The molecule has 1 aliphatic carbocycles. The van der Waals surface area contributed by atoms with Crippen molar-refractivity contribution in [2.24, 2.45) is 5.73 Å². The normalized spacial score (nSPS) is 13.8. The van der Waals surface area contributed by atoms with Crippen LogP contribution in [0.2, 0.25) is 5.02 Å². The highest BCUT2D eigenvalue weighted by Crippen LogP contribution is 2.32. The number of hydrogen-bond acceptors (Lipinski definition) is 4. The molecule has 1 aliphatic rings. The number of thiophene rings is 1. The molecule has 0 atom stereocenters. The summed E-state index contributed by atoms with van der Waals surface area (Å²) >= 11 is 7.46. The van der Waals surface area contributed by atoms with Gasteiger partial charge >= 0.3 is 6.03 Å². The molecular formula is C21H25ClN4O3S. The molecule has 4 N–H and O–H groups in total. The molecule has 0 spiro atoms. The van der Waals surface area contributed by atoms with Crippen molar-refractivity contribution in [3.63, 3.8) is 0 Å². The van der Waals surface area contributed by atoms with Crippen molar-refractivity contribution >= 4 is 51.5 Å². The number of anilines is 2. The standard InChI is InChI=1S/C21H25ClN4O3S/c1-12-13(2)30-20(18(12)19(23)28)25-17(27)11-26(14-7-3-4-8-14)21(29)24-16-10-6-5-9-15(16)22/h5-6,9-10,14H,3-4,7-8,11H2,1-2H3,(H2,23,28)(H,24,29)(H,25,27). The van der Waals surface area contributed by atoms with E-state index in [-0.39, 0.29) is 24.5 Å². The van der Waals surface area contributed by atoms with Crippen molar-refractivity contribution < 1.29 is 14.4 Å². The Kier molecular flexibility index (Phi) is 6.99. The maximum atomic E-state index is 13.0. The van der Waals surface area contributed by atoms with Crippen LogP contribution in [0, 0.1) is 13.8 Å². The second-order valence-electron chi connectivity index (χ2n) is 7.38. The molecule has 0 unspecified atom stereocenters. The van der Waals surface area contributed by atoms with Gasteiger partial charge < -0.3 is 21.3 Å². The third-order valence-corrected chi connectivity index (χ3v) is 6.79. The average molecular weight is 449 g/mol. The van der Waals surface area contributed by atoms with Crippen molar-refractivity contribution in [1.82, 2.24) is 4.90 Å². The Bertz CT molecular complexity index is 969. The fraction of sp³-hybridized carbons (Fsp3) is 0.381. The van der Waals surface area contributed by atoms with E-state index in [1.165, 1.54) is 11.3 Å². The number of primary amides is 1. The third-order valence-electron chi connectivity index (χ3n) is 5.34. The van der Waals surface area contributed by atoms with Gasteiger partial charge in [-0.3, -0.25) is 9.59 Å². The second kappa shape index (κ2) is 9.49. The Morgan fingerprint density at radius 1 is 1.17 bits per heavy atom. The number of nitrogens with two attached hydrogens (primary N) is 1. The van der Waals surface area contributed by atoms with Gasteiger partial charge in [-0.15, -0.1) is 11.3 Å². The van der Waals surface area contributed by atoms with E-state index in [0.717, 1.165) is 36.1 Å². The molecule has 2 aromatic rings. The summed E-state index contributed by atoms with van der Waals surface area (Å²) in [6.07, 6.45) is 3.70. The molecule has 1 saturated carbocycles. The van der Waals surface area contributed by atoms with Crippen LogP contribution in [0.25, 0.3) is 0 Å². The molecule has 0 saturated heterocycles. The predicted octanol–water partition coefficient (Wildman–Crippen LogP) is 4.53. The van der Waals surface area contributed by atoms with E-state index in [0.29, 0.717) is 21.3 Å². The Balaban J connectivity index is 1.76. The topological polar surface area (TPSA) is 105 Å². The number of hydrogen-bond donors (Lipinski definition) is 3. The first-order valence-corrected chi connectivity index (χ1v) is 11.0. The quantitative estimate of drug-likeness (QED) is 0.604. The Hall–Kier alpha value is -2.58. The lowest BCUT2D eigenvalue weighted by molar-refractivity contribution is -0.117. The first-order chi connectivity index (χ1) is 14.3. The smallest absolute Gasteiger partial charge is 0.322 e. The van der Waals surface area contributed by atoms with E-state index >= 15 is 0 Å². The molecule has 0 aliphatic heterocycles. The fourth-order valence-corrected chi connectivity index (χ4v) is 4.93. The zero-order valence-electron chi connectivity index (χ0n) is 17.0. The zero-order valence-corrected chi connectivity index (χ0v) is 18.5. The third kappa shape index (κ3) is 4.94. The minimum absolute atomic E-state index is 0.0272. The van der Waals surface area contributed by atoms with Crippen molar-refractivity contribution in [3.05, 3.63) is 45.3 Å². The van der Waals surface area contributed by atoms with E-state index in [2.05, 4.69) is 10.6 Å². The summed E-state index contributed by atoms with van der Waals surface area (Å²) < 4.78 is 0. The summed E-state index contributed by atoms with van der Waals surface area (Å²) in [6, 6.07) is 6.56. The lowest BCUT2D eigenvalue weighted by Crippen LogP contribution is -2.46. The Morgan fingerprint density at radius 2 is 1.83 bits per heavy atom. The van der Waals surface area contributed by atoms with Gasteiger partial charge in [0.15, 0.2) is 0 Å². The minimum Gasteiger partial charge on any atom is -0.365 e. The van der Waals surface area contributed by atoms with E-state index in [9.17, 15) is 14.4 Å². The zero-order chi connectivity index (χ0) is 21.8. The van der Waals surface area contributed by atoms with Crippen molar-refractivity contribution in [3.8, 4) is 0 Å². The first kappa shape index (κ1) is 22.1. The maximum absolute atomic E-state index is 13.0. The fourth-order valence-electron chi connectivity index (χ4n) is 3.66. The number of halogens is 1. The number of carbonyl (C=O) groups is 3. The van der Waals surface area contributed by atoms with E-state index in [1.54, 1.807) is 36.1 Å². The van der Waals surface area contributed by atoms with Gasteiger partial charge in [0, 0.05) is 10.9 Å². The number of carbonyl (C=O) groups excluding carboxylic acids is 3. The van der Waals surface area contributed by atoms with Gasteiger partial charge in [-0.25, -0.2) is 4.79 Å². The highest BCUT2D eigenvalue weighted by atomic mass is 35.5. The number of para-hydroxylation sites is 1. The van der Waals surface area contributed by atoms with E-state index < -0.39 is 5.91 Å². The number of rotatable bonds is 6. The van der Waals surface area contributed by atoms with Crippen molar-refractivity contribution in [1.29, 1.82) is 0 Å². The van der Waals surface area contributed by atoms with Crippen LogP contribution in [0.4, 0.5) is 15.5 Å². The summed E-state index contributed by atoms with van der Waals surface area (Å²) in [5.41, 5.74) is 7.05. The van der Waals surface area contributed by atoms with Crippen LogP contribution >= 0.6 is 22.9 Å². The Morgan fingerprint density at radius 3 is 2.47 bits per heavy atom. The van der Waals surface area contributed by atoms with Crippen molar-refractivity contribution in [2.75, 3.05) is 17.2 Å². The lowest BCUT2D eigenvalue weighted by atomic mass is 10.1. The maximum Gasteiger partial charge on any atom is 0.322 e. The molecule has 0 bridgehead atoms. The van der Waals surface area contributed by atoms with E-state index in [1.807, 2.05) is 6.92 Å². The molecule has 1 heterocycles. The van der Waals surface area contributed by atoms with Gasteiger partial charge in [0.1, 0.15) is 11.5 Å². The van der Waals surface area contributed by atoms with Gasteiger partial charge in [-0.05, 0) is 44.4 Å². The highest BCUT2D eigenvalue weighted by Gasteiger charge is 2.29. The molecule has 7 nitrogen and oxygen atoms in total. The molecule has 30 heavy (non-hydrogen) atoms. The summed E-state index contributed by atoms with van der Waals surface area (Å²) in [6.45, 7) is 3.53. The molecular weight excluding hydrogens is 424 g/mol. The van der Waals surface area contributed by atoms with Crippen molar-refractivity contribution in [2.45, 2.75) is 45.6 Å². The van der Waals surface area contributed by atoms with Gasteiger partial charge in [-0.1, -0.05) is 36.6 Å². The monoisotopic (exact) mass is 448 g/mol. The van der Waals surface area contributed by atoms with Crippen LogP contribution in [0.15, 0.2) is 24.3 Å². The van der Waals surface area contributed by atoms with Crippen LogP contribution in [0.3, 0.4) is 0 Å². The SMILES string of the molecule is Cc1sc(NC(=O)CN(C(=O)Nc2ccccc2Cl)C2CCCC2)c(C(N)=O)c1C. The van der Waals surface area contributed by atoms with Gasteiger partial charge in [-0.2, -0.15) is 0 Å². The number of benzene rings is 1. The van der Waals surface area contributed by atoms with E-state index in [4.69, 9.17) is 17.3 Å². The molecule has 1 aromatic heterocycles. The van der Waals surface area contributed by atoms with Crippen LogP contribution in [-0.4, -0.2) is 35.3 Å². The van der Waals surface area contributed by atoms with Gasteiger partial charge in [0.2, 0.25) is 5.91 Å². The number of amides is 4. The van der Waals surface area contributed by atoms with Crippen LogP contribution in [0.1, 0.15) is 46.5 Å². The van der Waals surface area contributed by atoms with Crippen LogP contribution < -0.4 is 16.4 Å². The summed E-state index contributed by atoms with van der Waals surface area (Å²) in [7, 11) is 0. The molecule has 1 aromatic carbocycles.